The third-order valence-electron chi connectivity index (χ3n) is 4.42. The molecule has 1 aliphatic rings. The Morgan fingerprint density at radius 3 is 1.68 bits per heavy atom. The van der Waals surface area contributed by atoms with Crippen LogP contribution < -0.4 is 4.74 Å². The van der Waals surface area contributed by atoms with Crippen molar-refractivity contribution < 1.29 is 9.84 Å². The summed E-state index contributed by atoms with van der Waals surface area (Å²) < 4.78 is 5.49. The maximum Gasteiger partial charge on any atom is 0.145 e. The van der Waals surface area contributed by atoms with Gasteiger partial charge in [0.15, 0.2) is 0 Å². The van der Waals surface area contributed by atoms with Gasteiger partial charge in [-0.2, -0.15) is 0 Å². The molecule has 0 heterocycles. The van der Waals surface area contributed by atoms with Gasteiger partial charge in [-0.05, 0) is 17.2 Å². The van der Waals surface area contributed by atoms with E-state index in [1.165, 1.54) is 0 Å². The van der Waals surface area contributed by atoms with E-state index in [-0.39, 0.29) is 0 Å². The van der Waals surface area contributed by atoms with Crippen LogP contribution in [0.2, 0.25) is 0 Å². The molecule has 22 heavy (non-hydrogen) atoms. The molecule has 0 atom stereocenters. The number of hydrogen-bond donors (Lipinski definition) is 1. The highest BCUT2D eigenvalue weighted by atomic mass is 16.5. The van der Waals surface area contributed by atoms with Gasteiger partial charge in [0.25, 0.3) is 0 Å². The summed E-state index contributed by atoms with van der Waals surface area (Å²) in [7, 11) is 1.63. The van der Waals surface area contributed by atoms with Crippen molar-refractivity contribution in [2.75, 3.05) is 7.11 Å². The summed E-state index contributed by atoms with van der Waals surface area (Å²) in [5, 5.41) is 11.7. The van der Waals surface area contributed by atoms with E-state index < -0.39 is 5.60 Å². The molecule has 0 amide bonds. The molecule has 0 spiro atoms. The molecule has 3 aromatic rings. The highest BCUT2D eigenvalue weighted by Crippen LogP contribution is 2.52. The lowest BCUT2D eigenvalue weighted by Crippen LogP contribution is -2.26. The van der Waals surface area contributed by atoms with Crippen molar-refractivity contribution in [1.29, 1.82) is 0 Å². The predicted molar refractivity (Wildman–Crippen MR) is 87.0 cm³/mol. The molecule has 0 saturated carbocycles. The molecular formula is C20H16O2. The van der Waals surface area contributed by atoms with E-state index in [1.807, 2.05) is 60.7 Å². The second kappa shape index (κ2) is 4.72. The minimum Gasteiger partial charge on any atom is -0.496 e. The summed E-state index contributed by atoms with van der Waals surface area (Å²) in [6, 6.07) is 23.7. The first-order valence-corrected chi connectivity index (χ1v) is 7.32. The van der Waals surface area contributed by atoms with E-state index in [0.29, 0.717) is 5.75 Å². The highest BCUT2D eigenvalue weighted by Gasteiger charge is 2.44. The van der Waals surface area contributed by atoms with E-state index in [1.54, 1.807) is 7.11 Å². The average molecular weight is 288 g/mol. The van der Waals surface area contributed by atoms with E-state index in [4.69, 9.17) is 4.74 Å². The monoisotopic (exact) mass is 288 g/mol. The molecule has 1 aliphatic carbocycles. The summed E-state index contributed by atoms with van der Waals surface area (Å²) in [4.78, 5) is 0. The number of rotatable bonds is 2. The third-order valence-corrected chi connectivity index (χ3v) is 4.42. The minimum atomic E-state index is -1.18. The predicted octanol–water partition coefficient (Wildman–Crippen LogP) is 3.96. The highest BCUT2D eigenvalue weighted by molar-refractivity contribution is 5.82. The van der Waals surface area contributed by atoms with Crippen molar-refractivity contribution in [2.45, 2.75) is 5.60 Å². The first kappa shape index (κ1) is 13.1. The Labute approximate surface area is 129 Å². The molecule has 108 valence electrons. The number of fused-ring (bicyclic) bond motifs is 3. The number of para-hydroxylation sites is 1. The van der Waals surface area contributed by atoms with Crippen molar-refractivity contribution in [1.82, 2.24) is 0 Å². The van der Waals surface area contributed by atoms with Crippen molar-refractivity contribution >= 4 is 0 Å². The van der Waals surface area contributed by atoms with Crippen LogP contribution in [-0.2, 0) is 5.60 Å². The fraction of sp³-hybridized carbons (Fsp3) is 0.100. The molecule has 3 aromatic carbocycles. The van der Waals surface area contributed by atoms with Gasteiger partial charge in [-0.15, -0.1) is 0 Å². The second-order valence-corrected chi connectivity index (χ2v) is 5.50. The first-order valence-electron chi connectivity index (χ1n) is 7.32. The van der Waals surface area contributed by atoms with Gasteiger partial charge in [-0.1, -0.05) is 66.7 Å². The lowest BCUT2D eigenvalue weighted by molar-refractivity contribution is 0.127. The Hall–Kier alpha value is -2.58. The summed E-state index contributed by atoms with van der Waals surface area (Å²) in [6.07, 6.45) is 0. The number of aliphatic hydroxyl groups is 1. The normalized spacial score (nSPS) is 14.3. The maximum absolute atomic E-state index is 11.7. The SMILES string of the molecule is COc1ccccc1C1(O)c2ccccc2-c2ccccc21. The third kappa shape index (κ3) is 1.59. The van der Waals surface area contributed by atoms with Crippen molar-refractivity contribution in [3.8, 4) is 16.9 Å². The van der Waals surface area contributed by atoms with E-state index in [2.05, 4.69) is 12.1 Å². The number of methoxy groups -OCH3 is 1. The fourth-order valence-corrected chi connectivity index (χ4v) is 3.45. The van der Waals surface area contributed by atoms with E-state index in [0.717, 1.165) is 27.8 Å². The minimum absolute atomic E-state index is 0.691. The van der Waals surface area contributed by atoms with Crippen LogP contribution in [0.1, 0.15) is 16.7 Å². The van der Waals surface area contributed by atoms with Gasteiger partial charge < -0.3 is 9.84 Å². The summed E-state index contributed by atoms with van der Waals surface area (Å²) >= 11 is 0. The standard InChI is InChI=1S/C20H16O2/c1-22-19-13-7-6-12-18(19)20(21)16-10-4-2-8-14(16)15-9-3-5-11-17(15)20/h2-13,21H,1H3. The molecule has 1 N–H and O–H groups in total. The molecule has 0 radical (unpaired) electrons. The summed E-state index contributed by atoms with van der Waals surface area (Å²) in [6.45, 7) is 0. The van der Waals surface area contributed by atoms with Crippen molar-refractivity contribution in [3.63, 3.8) is 0 Å². The Morgan fingerprint density at radius 1 is 0.682 bits per heavy atom. The summed E-state index contributed by atoms with van der Waals surface area (Å²) in [5.74, 6) is 0.691. The van der Waals surface area contributed by atoms with Crippen LogP contribution in [0.3, 0.4) is 0 Å². The Morgan fingerprint density at radius 2 is 1.14 bits per heavy atom. The van der Waals surface area contributed by atoms with Crippen LogP contribution in [-0.4, -0.2) is 12.2 Å². The topological polar surface area (TPSA) is 29.5 Å². The Bertz CT molecular complexity index is 806. The van der Waals surface area contributed by atoms with Gasteiger partial charge in [-0.3, -0.25) is 0 Å². The molecule has 0 unspecified atom stereocenters. The largest absolute Gasteiger partial charge is 0.496 e. The molecule has 0 saturated heterocycles. The number of benzene rings is 3. The van der Waals surface area contributed by atoms with E-state index >= 15 is 0 Å². The van der Waals surface area contributed by atoms with E-state index in [9.17, 15) is 5.11 Å². The second-order valence-electron chi connectivity index (χ2n) is 5.50. The van der Waals surface area contributed by atoms with Gasteiger partial charge in [0.05, 0.1) is 7.11 Å². The molecule has 0 aliphatic heterocycles. The zero-order valence-corrected chi connectivity index (χ0v) is 12.3. The van der Waals surface area contributed by atoms with Crippen LogP contribution in [0.5, 0.6) is 5.75 Å². The average Bonchev–Trinajstić information content (AvgIpc) is 2.86. The molecule has 0 aromatic heterocycles. The van der Waals surface area contributed by atoms with Crippen LogP contribution in [0.25, 0.3) is 11.1 Å². The molecule has 4 rings (SSSR count). The van der Waals surface area contributed by atoms with Crippen molar-refractivity contribution in [3.05, 3.63) is 89.5 Å². The molecule has 0 bridgehead atoms. The fourth-order valence-electron chi connectivity index (χ4n) is 3.45. The van der Waals surface area contributed by atoms with Crippen LogP contribution in [0.15, 0.2) is 72.8 Å². The first-order chi connectivity index (χ1) is 10.8. The molecule has 2 heteroatoms. The van der Waals surface area contributed by atoms with Crippen molar-refractivity contribution in [2.24, 2.45) is 0 Å². The lowest BCUT2D eigenvalue weighted by atomic mass is 9.84. The van der Waals surface area contributed by atoms with Gasteiger partial charge in [0.1, 0.15) is 11.4 Å². The number of ether oxygens (including phenoxy) is 1. The van der Waals surface area contributed by atoms with Crippen LogP contribution in [0.4, 0.5) is 0 Å². The van der Waals surface area contributed by atoms with Gasteiger partial charge in [0, 0.05) is 16.7 Å². The van der Waals surface area contributed by atoms with Gasteiger partial charge in [-0.25, -0.2) is 0 Å². The van der Waals surface area contributed by atoms with Gasteiger partial charge in [0.2, 0.25) is 0 Å². The lowest BCUT2D eigenvalue weighted by Gasteiger charge is -2.28. The van der Waals surface area contributed by atoms with Gasteiger partial charge >= 0.3 is 0 Å². The zero-order chi connectivity index (χ0) is 15.2. The van der Waals surface area contributed by atoms with Crippen LogP contribution in [0, 0.1) is 0 Å². The quantitative estimate of drug-likeness (QED) is 0.773. The zero-order valence-electron chi connectivity index (χ0n) is 12.3. The number of hydrogen-bond acceptors (Lipinski definition) is 2. The Kier molecular flexibility index (Phi) is 2.81. The summed E-state index contributed by atoms with van der Waals surface area (Å²) in [5.41, 5.74) is 3.55. The maximum atomic E-state index is 11.7. The molecular weight excluding hydrogens is 272 g/mol. The molecule has 0 fully saturated rings. The van der Waals surface area contributed by atoms with Crippen LogP contribution >= 0.6 is 0 Å². The molecule has 2 nitrogen and oxygen atoms in total. The smallest absolute Gasteiger partial charge is 0.145 e. The Balaban J connectivity index is 2.10.